The van der Waals surface area contributed by atoms with Crippen LogP contribution < -0.4 is 10.6 Å². The number of benzene rings is 1. The standard InChI is InChI=1S/C14H17F3N2O3/c15-9-3-11(16)13(12(17)4-9)19-14(21)18-5-10(20)7-22-6-8-1-2-8/h3-4,8,10,20H,1-2,5-7H2,(H2,18,19,21). The number of ether oxygens (including phenoxy) is 1. The zero-order chi connectivity index (χ0) is 16.1. The minimum atomic E-state index is -1.22. The highest BCUT2D eigenvalue weighted by molar-refractivity contribution is 5.89. The summed E-state index contributed by atoms with van der Waals surface area (Å²) < 4.78 is 44.6. The largest absolute Gasteiger partial charge is 0.389 e. The molecule has 122 valence electrons. The van der Waals surface area contributed by atoms with Crippen molar-refractivity contribution in [1.29, 1.82) is 0 Å². The van der Waals surface area contributed by atoms with Crippen LogP contribution in [0.5, 0.6) is 0 Å². The maximum absolute atomic E-state index is 13.3. The Labute approximate surface area is 125 Å². The van der Waals surface area contributed by atoms with Gasteiger partial charge in [-0.15, -0.1) is 0 Å². The SMILES string of the molecule is O=C(NCC(O)COCC1CC1)Nc1c(F)cc(F)cc1F. The van der Waals surface area contributed by atoms with E-state index < -0.39 is 35.3 Å². The molecule has 1 fully saturated rings. The number of halogens is 3. The summed E-state index contributed by atoms with van der Waals surface area (Å²) in [6.07, 6.45) is 1.34. The molecule has 1 aromatic rings. The average Bonchev–Trinajstić information content (AvgIpc) is 3.24. The summed E-state index contributed by atoms with van der Waals surface area (Å²) in [5.74, 6) is -2.96. The molecule has 0 radical (unpaired) electrons. The quantitative estimate of drug-likeness (QED) is 0.720. The fourth-order valence-corrected chi connectivity index (χ4v) is 1.74. The van der Waals surface area contributed by atoms with Gasteiger partial charge in [-0.2, -0.15) is 0 Å². The van der Waals surface area contributed by atoms with Crippen LogP contribution in [0.15, 0.2) is 12.1 Å². The van der Waals surface area contributed by atoms with E-state index in [9.17, 15) is 23.1 Å². The molecule has 1 saturated carbocycles. The van der Waals surface area contributed by atoms with Crippen LogP contribution in [-0.4, -0.2) is 37.0 Å². The number of nitrogens with one attached hydrogen (secondary N) is 2. The molecule has 22 heavy (non-hydrogen) atoms. The number of carbonyl (C=O) groups excluding carboxylic acids is 1. The Kier molecular flexibility index (Phi) is 5.62. The molecule has 1 atom stereocenters. The lowest BCUT2D eigenvalue weighted by Crippen LogP contribution is -2.37. The van der Waals surface area contributed by atoms with Gasteiger partial charge in [-0.3, -0.25) is 0 Å². The summed E-state index contributed by atoms with van der Waals surface area (Å²) in [7, 11) is 0. The molecule has 0 aromatic heterocycles. The van der Waals surface area contributed by atoms with Crippen molar-refractivity contribution in [3.05, 3.63) is 29.6 Å². The van der Waals surface area contributed by atoms with Crippen LogP contribution in [0.3, 0.4) is 0 Å². The number of carbonyl (C=O) groups is 1. The van der Waals surface area contributed by atoms with Gasteiger partial charge < -0.3 is 20.5 Å². The van der Waals surface area contributed by atoms with Crippen molar-refractivity contribution < 1.29 is 27.8 Å². The number of amides is 2. The predicted molar refractivity (Wildman–Crippen MR) is 72.9 cm³/mol. The van der Waals surface area contributed by atoms with Gasteiger partial charge in [0.2, 0.25) is 0 Å². The molecule has 2 rings (SSSR count). The van der Waals surface area contributed by atoms with E-state index >= 15 is 0 Å². The zero-order valence-electron chi connectivity index (χ0n) is 11.7. The monoisotopic (exact) mass is 318 g/mol. The molecule has 1 aliphatic carbocycles. The number of rotatable bonds is 7. The first-order valence-corrected chi connectivity index (χ1v) is 6.91. The number of anilines is 1. The van der Waals surface area contributed by atoms with E-state index in [4.69, 9.17) is 4.74 Å². The summed E-state index contributed by atoms with van der Waals surface area (Å²) in [4.78, 5) is 11.5. The minimum Gasteiger partial charge on any atom is -0.389 e. The van der Waals surface area contributed by atoms with Crippen molar-refractivity contribution in [3.63, 3.8) is 0 Å². The normalized spacial score (nSPS) is 15.5. The highest BCUT2D eigenvalue weighted by Crippen LogP contribution is 2.28. The smallest absolute Gasteiger partial charge is 0.319 e. The maximum Gasteiger partial charge on any atom is 0.319 e. The fourth-order valence-electron chi connectivity index (χ4n) is 1.74. The molecule has 3 N–H and O–H groups in total. The Hall–Kier alpha value is -1.80. The van der Waals surface area contributed by atoms with E-state index in [1.807, 2.05) is 5.32 Å². The maximum atomic E-state index is 13.3. The molecule has 1 aliphatic rings. The lowest BCUT2D eigenvalue weighted by molar-refractivity contribution is 0.0339. The molecule has 1 unspecified atom stereocenters. The molecule has 2 amide bonds. The summed E-state index contributed by atoms with van der Waals surface area (Å²) in [6.45, 7) is 0.506. The van der Waals surface area contributed by atoms with Crippen LogP contribution in [0.2, 0.25) is 0 Å². The molecule has 1 aromatic carbocycles. The fraction of sp³-hybridized carbons (Fsp3) is 0.500. The topological polar surface area (TPSA) is 70.6 Å². The van der Waals surface area contributed by atoms with Crippen molar-refractivity contribution >= 4 is 11.7 Å². The second-order valence-electron chi connectivity index (χ2n) is 5.21. The molecule has 8 heteroatoms. The van der Waals surface area contributed by atoms with Gasteiger partial charge >= 0.3 is 6.03 Å². The molecule has 5 nitrogen and oxygen atoms in total. The number of hydrogen-bond donors (Lipinski definition) is 3. The van der Waals surface area contributed by atoms with Crippen LogP contribution >= 0.6 is 0 Å². The van der Waals surface area contributed by atoms with Crippen molar-refractivity contribution in [2.24, 2.45) is 5.92 Å². The predicted octanol–water partition coefficient (Wildman–Crippen LogP) is 2.01. The lowest BCUT2D eigenvalue weighted by atomic mass is 10.3. The third-order valence-corrected chi connectivity index (χ3v) is 3.10. The van der Waals surface area contributed by atoms with Gasteiger partial charge in [0.25, 0.3) is 0 Å². The van der Waals surface area contributed by atoms with E-state index in [2.05, 4.69) is 5.32 Å². The highest BCUT2D eigenvalue weighted by atomic mass is 19.1. The molecular formula is C14H17F3N2O3. The van der Waals surface area contributed by atoms with E-state index in [1.54, 1.807) is 0 Å². The molecule has 0 heterocycles. The first-order chi connectivity index (χ1) is 10.5. The van der Waals surface area contributed by atoms with Crippen LogP contribution in [0.4, 0.5) is 23.7 Å². The second kappa shape index (κ2) is 7.46. The molecule has 0 saturated heterocycles. The third-order valence-electron chi connectivity index (χ3n) is 3.10. The second-order valence-corrected chi connectivity index (χ2v) is 5.21. The average molecular weight is 318 g/mol. The van der Waals surface area contributed by atoms with Gasteiger partial charge in [-0.1, -0.05) is 0 Å². The Morgan fingerprint density at radius 2 is 1.95 bits per heavy atom. The van der Waals surface area contributed by atoms with Crippen LogP contribution in [-0.2, 0) is 4.74 Å². The van der Waals surface area contributed by atoms with Gasteiger partial charge in [0.1, 0.15) is 11.5 Å². The van der Waals surface area contributed by atoms with Gasteiger partial charge in [-0.05, 0) is 18.8 Å². The number of aliphatic hydroxyl groups excluding tert-OH is 1. The molecule has 0 bridgehead atoms. The van der Waals surface area contributed by atoms with Gasteiger partial charge in [0, 0.05) is 25.3 Å². The highest BCUT2D eigenvalue weighted by Gasteiger charge is 2.21. The number of urea groups is 1. The Bertz CT molecular complexity index is 515. The lowest BCUT2D eigenvalue weighted by Gasteiger charge is -2.13. The summed E-state index contributed by atoms with van der Waals surface area (Å²) in [6, 6.07) is 0.00376. The first kappa shape index (κ1) is 16.6. The van der Waals surface area contributed by atoms with Gasteiger partial charge in [0.05, 0.1) is 12.7 Å². The number of hydrogen-bond acceptors (Lipinski definition) is 3. The first-order valence-electron chi connectivity index (χ1n) is 6.91. The summed E-state index contributed by atoms with van der Waals surface area (Å²) in [5, 5.41) is 13.8. The number of aliphatic hydroxyl groups is 1. The van der Waals surface area contributed by atoms with Crippen molar-refractivity contribution in [3.8, 4) is 0 Å². The minimum absolute atomic E-state index is 0.0655. The third kappa shape index (κ3) is 5.19. The summed E-state index contributed by atoms with van der Waals surface area (Å²) in [5.41, 5.74) is -0.752. The van der Waals surface area contributed by atoms with Crippen LogP contribution in [0.25, 0.3) is 0 Å². The van der Waals surface area contributed by atoms with E-state index in [0.29, 0.717) is 24.7 Å². The van der Waals surface area contributed by atoms with Gasteiger partial charge in [0.15, 0.2) is 11.6 Å². The van der Waals surface area contributed by atoms with Crippen molar-refractivity contribution in [1.82, 2.24) is 5.32 Å². The summed E-state index contributed by atoms with van der Waals surface area (Å²) >= 11 is 0. The van der Waals surface area contributed by atoms with E-state index in [-0.39, 0.29) is 13.2 Å². The molecule has 0 spiro atoms. The Morgan fingerprint density at radius 1 is 1.32 bits per heavy atom. The van der Waals surface area contributed by atoms with Crippen molar-refractivity contribution in [2.45, 2.75) is 18.9 Å². The van der Waals surface area contributed by atoms with Crippen LogP contribution in [0, 0.1) is 23.4 Å². The molecule has 0 aliphatic heterocycles. The van der Waals surface area contributed by atoms with Crippen LogP contribution in [0.1, 0.15) is 12.8 Å². The Balaban J connectivity index is 1.72. The zero-order valence-corrected chi connectivity index (χ0v) is 11.7. The molecular weight excluding hydrogens is 301 g/mol. The van der Waals surface area contributed by atoms with Gasteiger partial charge in [-0.25, -0.2) is 18.0 Å². The van der Waals surface area contributed by atoms with E-state index in [1.165, 1.54) is 0 Å². The Morgan fingerprint density at radius 3 is 2.55 bits per heavy atom. The van der Waals surface area contributed by atoms with E-state index in [0.717, 1.165) is 12.8 Å². The van der Waals surface area contributed by atoms with Crippen molar-refractivity contribution in [2.75, 3.05) is 25.1 Å².